The number of fused-ring (bicyclic) bond motifs is 1. The maximum absolute atomic E-state index is 5.90. The lowest BCUT2D eigenvalue weighted by molar-refractivity contribution is 1.11. The van der Waals surface area contributed by atoms with Crippen LogP contribution in [0.4, 0.5) is 5.82 Å². The van der Waals surface area contributed by atoms with Gasteiger partial charge in [0, 0.05) is 18.2 Å². The summed E-state index contributed by atoms with van der Waals surface area (Å²) in [5.41, 5.74) is 9.13. The number of nitrogens with zero attached hydrogens (tertiary/aromatic N) is 2. The Labute approximate surface area is 109 Å². The van der Waals surface area contributed by atoms with E-state index in [1.807, 2.05) is 25.1 Å². The van der Waals surface area contributed by atoms with E-state index in [0.29, 0.717) is 5.82 Å². The van der Waals surface area contributed by atoms with Gasteiger partial charge in [0.15, 0.2) is 0 Å². The van der Waals surface area contributed by atoms with E-state index in [0.717, 1.165) is 28.1 Å². The quantitative estimate of drug-likeness (QED) is 0.765. The van der Waals surface area contributed by atoms with Crippen molar-refractivity contribution in [1.82, 2.24) is 9.97 Å². The molecule has 0 unspecified atom stereocenters. The second kappa shape index (κ2) is 4.38. The molecule has 0 aliphatic carbocycles. The fourth-order valence-electron chi connectivity index (χ4n) is 1.94. The Kier molecular flexibility index (Phi) is 2.72. The Morgan fingerprint density at radius 1 is 1.28 bits per heavy atom. The van der Waals surface area contributed by atoms with Crippen molar-refractivity contribution in [3.63, 3.8) is 0 Å². The average molecular weight is 255 g/mol. The lowest BCUT2D eigenvalue weighted by Gasteiger charge is -2.03. The van der Waals surface area contributed by atoms with Crippen molar-refractivity contribution in [2.24, 2.45) is 0 Å². The zero-order valence-corrected chi connectivity index (χ0v) is 10.9. The third-order valence-corrected chi connectivity index (χ3v) is 3.85. The molecule has 18 heavy (non-hydrogen) atoms. The van der Waals surface area contributed by atoms with Crippen LogP contribution < -0.4 is 5.73 Å². The molecule has 3 nitrogen and oxygen atoms in total. The van der Waals surface area contributed by atoms with Crippen molar-refractivity contribution in [3.05, 3.63) is 52.7 Å². The van der Waals surface area contributed by atoms with E-state index in [-0.39, 0.29) is 0 Å². The first kappa shape index (κ1) is 11.2. The van der Waals surface area contributed by atoms with E-state index >= 15 is 0 Å². The fraction of sp³-hybridized carbons (Fsp3) is 0.143. The van der Waals surface area contributed by atoms with Crippen LogP contribution in [0.15, 0.2) is 36.5 Å². The molecule has 0 aliphatic rings. The maximum atomic E-state index is 5.90. The Balaban J connectivity index is 1.98. The van der Waals surface area contributed by atoms with Crippen LogP contribution in [0.3, 0.4) is 0 Å². The number of aromatic nitrogens is 2. The largest absolute Gasteiger partial charge is 0.383 e. The van der Waals surface area contributed by atoms with Crippen molar-refractivity contribution in [1.29, 1.82) is 0 Å². The number of hydrogen-bond donors (Lipinski definition) is 1. The van der Waals surface area contributed by atoms with Crippen molar-refractivity contribution < 1.29 is 0 Å². The Hall–Kier alpha value is -1.94. The zero-order valence-electron chi connectivity index (χ0n) is 10.1. The van der Waals surface area contributed by atoms with Gasteiger partial charge in [-0.25, -0.2) is 9.97 Å². The lowest BCUT2D eigenvalue weighted by Crippen LogP contribution is -1.99. The Bertz CT molecular complexity index is 670. The highest BCUT2D eigenvalue weighted by Gasteiger charge is 2.07. The highest BCUT2D eigenvalue weighted by molar-refractivity contribution is 7.18. The van der Waals surface area contributed by atoms with Gasteiger partial charge in [0.1, 0.15) is 5.82 Å². The number of nitrogen functional groups attached to an aromatic ring is 1. The van der Waals surface area contributed by atoms with E-state index in [1.165, 1.54) is 4.70 Å². The van der Waals surface area contributed by atoms with Crippen LogP contribution >= 0.6 is 11.3 Å². The van der Waals surface area contributed by atoms with Gasteiger partial charge in [0.05, 0.1) is 15.2 Å². The van der Waals surface area contributed by atoms with Gasteiger partial charge >= 0.3 is 0 Å². The van der Waals surface area contributed by atoms with Crippen LogP contribution in [0.5, 0.6) is 0 Å². The SMILES string of the molecule is Cc1cnc(N)c(Cc2nc3ccccc3s2)c1. The topological polar surface area (TPSA) is 51.8 Å². The monoisotopic (exact) mass is 255 g/mol. The summed E-state index contributed by atoms with van der Waals surface area (Å²) in [7, 11) is 0. The third kappa shape index (κ3) is 2.07. The van der Waals surface area contributed by atoms with Gasteiger partial charge in [-0.3, -0.25) is 0 Å². The first-order valence-electron chi connectivity index (χ1n) is 5.78. The molecule has 4 heteroatoms. The molecule has 0 atom stereocenters. The molecule has 3 rings (SSSR count). The van der Waals surface area contributed by atoms with Crippen LogP contribution in [-0.4, -0.2) is 9.97 Å². The summed E-state index contributed by atoms with van der Waals surface area (Å²) < 4.78 is 1.21. The molecule has 0 aliphatic heterocycles. The Morgan fingerprint density at radius 2 is 2.11 bits per heavy atom. The smallest absolute Gasteiger partial charge is 0.126 e. The lowest BCUT2D eigenvalue weighted by atomic mass is 10.1. The van der Waals surface area contributed by atoms with Gasteiger partial charge < -0.3 is 5.73 Å². The molecule has 90 valence electrons. The van der Waals surface area contributed by atoms with Crippen molar-refractivity contribution >= 4 is 27.4 Å². The van der Waals surface area contributed by atoms with Crippen molar-refractivity contribution in [2.45, 2.75) is 13.3 Å². The summed E-state index contributed by atoms with van der Waals surface area (Å²) >= 11 is 1.71. The molecule has 2 aromatic heterocycles. The van der Waals surface area contributed by atoms with Gasteiger partial charge in [0.25, 0.3) is 0 Å². The van der Waals surface area contributed by atoms with Gasteiger partial charge in [-0.05, 0) is 24.6 Å². The molecular formula is C14H13N3S. The molecule has 0 radical (unpaired) electrons. The number of nitrogens with two attached hydrogens (primary N) is 1. The van der Waals surface area contributed by atoms with Gasteiger partial charge in [-0.2, -0.15) is 0 Å². The van der Waals surface area contributed by atoms with E-state index < -0.39 is 0 Å². The molecule has 0 spiro atoms. The van der Waals surface area contributed by atoms with Crippen molar-refractivity contribution in [3.8, 4) is 0 Å². The molecule has 0 fully saturated rings. The maximum Gasteiger partial charge on any atom is 0.126 e. The van der Waals surface area contributed by atoms with Crippen LogP contribution in [0.25, 0.3) is 10.2 Å². The van der Waals surface area contributed by atoms with Gasteiger partial charge in [-0.1, -0.05) is 18.2 Å². The summed E-state index contributed by atoms with van der Waals surface area (Å²) in [6.07, 6.45) is 2.54. The molecular weight excluding hydrogens is 242 g/mol. The minimum absolute atomic E-state index is 0.597. The predicted molar refractivity (Wildman–Crippen MR) is 75.8 cm³/mol. The molecule has 3 aromatic rings. The second-order valence-electron chi connectivity index (χ2n) is 4.31. The molecule has 0 saturated carbocycles. The van der Waals surface area contributed by atoms with Crippen LogP contribution in [0.1, 0.15) is 16.1 Å². The number of hydrogen-bond acceptors (Lipinski definition) is 4. The molecule has 1 aromatic carbocycles. The first-order valence-corrected chi connectivity index (χ1v) is 6.59. The number of benzene rings is 1. The van der Waals surface area contributed by atoms with Crippen LogP contribution in [0.2, 0.25) is 0 Å². The second-order valence-corrected chi connectivity index (χ2v) is 5.42. The molecule has 2 N–H and O–H groups in total. The number of anilines is 1. The van der Waals surface area contributed by atoms with Crippen LogP contribution in [0, 0.1) is 6.92 Å². The van der Waals surface area contributed by atoms with E-state index in [2.05, 4.69) is 22.1 Å². The van der Waals surface area contributed by atoms with Gasteiger partial charge in [0.2, 0.25) is 0 Å². The number of thiazole rings is 1. The minimum atomic E-state index is 0.597. The first-order chi connectivity index (χ1) is 8.72. The normalized spacial score (nSPS) is 10.9. The summed E-state index contributed by atoms with van der Waals surface area (Å²) in [4.78, 5) is 8.80. The standard InChI is InChI=1S/C14H13N3S/c1-9-6-10(14(15)16-8-9)7-13-17-11-4-2-3-5-12(11)18-13/h2-6,8H,7H2,1H3,(H2,15,16). The molecule has 0 amide bonds. The predicted octanol–water partition coefficient (Wildman–Crippen LogP) is 3.17. The molecule has 2 heterocycles. The van der Waals surface area contributed by atoms with E-state index in [9.17, 15) is 0 Å². The Morgan fingerprint density at radius 3 is 2.94 bits per heavy atom. The fourth-order valence-corrected chi connectivity index (χ4v) is 2.93. The summed E-state index contributed by atoms with van der Waals surface area (Å²) in [6, 6.07) is 10.2. The minimum Gasteiger partial charge on any atom is -0.383 e. The average Bonchev–Trinajstić information content (AvgIpc) is 2.76. The highest BCUT2D eigenvalue weighted by Crippen LogP contribution is 2.24. The van der Waals surface area contributed by atoms with Crippen LogP contribution in [-0.2, 0) is 6.42 Å². The van der Waals surface area contributed by atoms with E-state index in [1.54, 1.807) is 17.5 Å². The van der Waals surface area contributed by atoms with Gasteiger partial charge in [-0.15, -0.1) is 11.3 Å². The number of para-hydroxylation sites is 1. The summed E-state index contributed by atoms with van der Waals surface area (Å²) in [5.74, 6) is 0.597. The number of aryl methyl sites for hydroxylation is 1. The zero-order chi connectivity index (χ0) is 12.5. The number of pyridine rings is 1. The number of rotatable bonds is 2. The third-order valence-electron chi connectivity index (χ3n) is 2.82. The van der Waals surface area contributed by atoms with E-state index in [4.69, 9.17) is 5.73 Å². The highest BCUT2D eigenvalue weighted by atomic mass is 32.1. The van der Waals surface area contributed by atoms with Crippen molar-refractivity contribution in [2.75, 3.05) is 5.73 Å². The molecule has 0 bridgehead atoms. The molecule has 0 saturated heterocycles. The summed E-state index contributed by atoms with van der Waals surface area (Å²) in [6.45, 7) is 2.02. The summed E-state index contributed by atoms with van der Waals surface area (Å²) in [5, 5.41) is 1.08.